The van der Waals surface area contributed by atoms with Gasteiger partial charge in [-0.25, -0.2) is 4.79 Å². The zero-order valence-electron chi connectivity index (χ0n) is 12.1. The number of aliphatic carboxylic acids is 1. The van der Waals surface area contributed by atoms with E-state index in [1.807, 2.05) is 0 Å². The Hall–Kier alpha value is -1.95. The molecule has 1 rings (SSSR count). The number of aryl methyl sites for hydroxylation is 1. The molecule has 1 aromatic heterocycles. The maximum Gasteiger partial charge on any atom is 0.331 e. The smallest absolute Gasteiger partial charge is 0.331 e. The van der Waals surface area contributed by atoms with E-state index in [-0.39, 0.29) is 0 Å². The Bertz CT molecular complexity index is 505. The highest BCUT2D eigenvalue weighted by atomic mass is 16.6. The molecule has 0 spiro atoms. The molecule has 110 valence electrons. The van der Waals surface area contributed by atoms with Crippen molar-refractivity contribution in [3.63, 3.8) is 0 Å². The Morgan fingerprint density at radius 3 is 2.35 bits per heavy atom. The summed E-state index contributed by atoms with van der Waals surface area (Å²) in [5.74, 6) is -1.96. The number of ether oxygens (including phenoxy) is 1. The second-order valence-electron chi connectivity index (χ2n) is 5.73. The first kappa shape index (κ1) is 16.1. The lowest BCUT2D eigenvalue weighted by molar-refractivity contribution is -0.165. The zero-order chi connectivity index (χ0) is 15.6. The predicted molar refractivity (Wildman–Crippen MR) is 72.9 cm³/mol. The van der Waals surface area contributed by atoms with Crippen LogP contribution in [-0.2, 0) is 19.9 Å². The number of rotatable bonds is 4. The van der Waals surface area contributed by atoms with E-state index < -0.39 is 29.5 Å². The van der Waals surface area contributed by atoms with Crippen molar-refractivity contribution in [3.8, 4) is 0 Å². The van der Waals surface area contributed by atoms with Crippen LogP contribution in [0.15, 0.2) is 18.3 Å². The van der Waals surface area contributed by atoms with Crippen LogP contribution in [0.4, 0.5) is 0 Å². The summed E-state index contributed by atoms with van der Waals surface area (Å²) in [6.07, 6.45) is 0.842. The minimum Gasteiger partial charge on any atom is -0.481 e. The van der Waals surface area contributed by atoms with Gasteiger partial charge in [0.15, 0.2) is 5.54 Å². The molecule has 0 bridgehead atoms. The molecule has 0 saturated carbocycles. The van der Waals surface area contributed by atoms with Crippen LogP contribution >= 0.6 is 0 Å². The summed E-state index contributed by atoms with van der Waals surface area (Å²) in [4.78, 5) is 27.3. The van der Waals surface area contributed by atoms with Crippen LogP contribution in [0.5, 0.6) is 0 Å². The minimum atomic E-state index is -1.75. The van der Waals surface area contributed by atoms with E-state index in [2.05, 4.69) is 4.98 Å². The molecule has 6 heteroatoms. The number of carboxylic acids is 1. The molecule has 0 radical (unpaired) electrons. The van der Waals surface area contributed by atoms with Gasteiger partial charge in [0.25, 0.3) is 0 Å². The standard InChI is InChI=1S/C14H20N2O4/c1-9-5-6-10(8-16-9)14(15,7-11(17)18)12(19)20-13(2,3)4/h5-6,8H,7,15H2,1-4H3,(H,17,18). The molecule has 0 aliphatic heterocycles. The largest absolute Gasteiger partial charge is 0.481 e. The maximum atomic E-state index is 12.3. The molecule has 0 aliphatic rings. The van der Waals surface area contributed by atoms with Crippen LogP contribution in [0.25, 0.3) is 0 Å². The average molecular weight is 280 g/mol. The van der Waals surface area contributed by atoms with E-state index in [4.69, 9.17) is 15.6 Å². The Morgan fingerprint density at radius 1 is 1.35 bits per heavy atom. The molecule has 0 amide bonds. The van der Waals surface area contributed by atoms with Crippen molar-refractivity contribution in [2.45, 2.75) is 45.3 Å². The Labute approximate surface area is 118 Å². The Balaban J connectivity index is 3.18. The summed E-state index contributed by atoms with van der Waals surface area (Å²) >= 11 is 0. The van der Waals surface area contributed by atoms with Gasteiger partial charge in [-0.1, -0.05) is 6.07 Å². The lowest BCUT2D eigenvalue weighted by Gasteiger charge is -2.30. The van der Waals surface area contributed by atoms with Crippen LogP contribution in [-0.4, -0.2) is 27.6 Å². The molecular formula is C14H20N2O4. The fourth-order valence-corrected chi connectivity index (χ4v) is 1.63. The van der Waals surface area contributed by atoms with Crippen molar-refractivity contribution in [3.05, 3.63) is 29.6 Å². The van der Waals surface area contributed by atoms with E-state index in [0.717, 1.165) is 5.69 Å². The van der Waals surface area contributed by atoms with Gasteiger partial charge in [-0.2, -0.15) is 0 Å². The van der Waals surface area contributed by atoms with Crippen molar-refractivity contribution in [2.24, 2.45) is 5.73 Å². The topological polar surface area (TPSA) is 103 Å². The molecule has 6 nitrogen and oxygen atoms in total. The molecule has 20 heavy (non-hydrogen) atoms. The van der Waals surface area contributed by atoms with Gasteiger partial charge in [0.05, 0.1) is 6.42 Å². The highest BCUT2D eigenvalue weighted by molar-refractivity contribution is 5.87. The molecule has 0 fully saturated rings. The molecule has 1 unspecified atom stereocenters. The molecule has 1 atom stereocenters. The van der Waals surface area contributed by atoms with Crippen molar-refractivity contribution in [1.29, 1.82) is 0 Å². The van der Waals surface area contributed by atoms with Gasteiger partial charge in [0.2, 0.25) is 0 Å². The number of aromatic nitrogens is 1. The summed E-state index contributed by atoms with van der Waals surface area (Å²) in [5.41, 5.74) is 4.59. The van der Waals surface area contributed by atoms with E-state index in [0.29, 0.717) is 5.56 Å². The van der Waals surface area contributed by atoms with E-state index in [1.54, 1.807) is 39.8 Å². The molecule has 1 aromatic rings. The number of carboxylic acid groups (broad SMARTS) is 1. The van der Waals surface area contributed by atoms with E-state index in [1.165, 1.54) is 6.20 Å². The number of carbonyl (C=O) groups is 2. The minimum absolute atomic E-state index is 0.319. The van der Waals surface area contributed by atoms with Crippen LogP contribution in [0, 0.1) is 6.92 Å². The fraction of sp³-hybridized carbons (Fsp3) is 0.500. The van der Waals surface area contributed by atoms with Gasteiger partial charge in [-0.15, -0.1) is 0 Å². The molecule has 3 N–H and O–H groups in total. The zero-order valence-corrected chi connectivity index (χ0v) is 12.1. The normalized spacial score (nSPS) is 14.4. The van der Waals surface area contributed by atoms with Gasteiger partial charge >= 0.3 is 11.9 Å². The third-order valence-electron chi connectivity index (χ3n) is 2.62. The SMILES string of the molecule is Cc1ccc(C(N)(CC(=O)O)C(=O)OC(C)(C)C)cn1. The Kier molecular flexibility index (Phi) is 4.50. The molecule has 1 heterocycles. The number of pyridine rings is 1. The number of hydrogen-bond acceptors (Lipinski definition) is 5. The molecular weight excluding hydrogens is 260 g/mol. The van der Waals surface area contributed by atoms with Crippen LogP contribution in [0.3, 0.4) is 0 Å². The quantitative estimate of drug-likeness (QED) is 0.807. The molecule has 0 aliphatic carbocycles. The van der Waals surface area contributed by atoms with E-state index in [9.17, 15) is 9.59 Å². The fourth-order valence-electron chi connectivity index (χ4n) is 1.63. The predicted octanol–water partition coefficient (Wildman–Crippen LogP) is 1.36. The molecule has 0 saturated heterocycles. The van der Waals surface area contributed by atoms with Gasteiger partial charge in [-0.05, 0) is 33.8 Å². The lowest BCUT2D eigenvalue weighted by atomic mass is 9.88. The highest BCUT2D eigenvalue weighted by Gasteiger charge is 2.42. The Morgan fingerprint density at radius 2 is 1.95 bits per heavy atom. The number of carbonyl (C=O) groups excluding carboxylic acids is 1. The summed E-state index contributed by atoms with van der Waals surface area (Å²) in [7, 11) is 0. The van der Waals surface area contributed by atoms with Gasteiger partial charge < -0.3 is 15.6 Å². The summed E-state index contributed by atoms with van der Waals surface area (Å²) in [6, 6.07) is 3.26. The number of esters is 1. The second kappa shape index (κ2) is 5.58. The van der Waals surface area contributed by atoms with Crippen LogP contribution in [0.2, 0.25) is 0 Å². The average Bonchev–Trinajstić information content (AvgIpc) is 2.26. The summed E-state index contributed by atoms with van der Waals surface area (Å²) in [5, 5.41) is 9.00. The first-order valence-electron chi connectivity index (χ1n) is 6.22. The van der Waals surface area contributed by atoms with Crippen LogP contribution < -0.4 is 5.73 Å². The first-order valence-corrected chi connectivity index (χ1v) is 6.22. The number of hydrogen-bond donors (Lipinski definition) is 2. The third-order valence-corrected chi connectivity index (χ3v) is 2.62. The number of nitrogens with two attached hydrogens (primary N) is 1. The van der Waals surface area contributed by atoms with Crippen molar-refractivity contribution >= 4 is 11.9 Å². The van der Waals surface area contributed by atoms with Gasteiger partial charge in [0, 0.05) is 17.5 Å². The van der Waals surface area contributed by atoms with Crippen molar-refractivity contribution in [1.82, 2.24) is 4.98 Å². The van der Waals surface area contributed by atoms with Crippen molar-refractivity contribution < 1.29 is 19.4 Å². The monoisotopic (exact) mass is 280 g/mol. The second-order valence-corrected chi connectivity index (χ2v) is 5.73. The van der Waals surface area contributed by atoms with Crippen molar-refractivity contribution in [2.75, 3.05) is 0 Å². The highest BCUT2D eigenvalue weighted by Crippen LogP contribution is 2.26. The van der Waals surface area contributed by atoms with E-state index >= 15 is 0 Å². The van der Waals surface area contributed by atoms with Gasteiger partial charge in [0.1, 0.15) is 5.60 Å². The molecule has 0 aromatic carbocycles. The maximum absolute atomic E-state index is 12.3. The summed E-state index contributed by atoms with van der Waals surface area (Å²) in [6.45, 7) is 6.87. The van der Waals surface area contributed by atoms with Gasteiger partial charge in [-0.3, -0.25) is 9.78 Å². The lowest BCUT2D eigenvalue weighted by Crippen LogP contribution is -2.49. The van der Waals surface area contributed by atoms with Crippen LogP contribution in [0.1, 0.15) is 38.4 Å². The third kappa shape index (κ3) is 4.03. The number of nitrogens with zero attached hydrogens (tertiary/aromatic N) is 1. The first-order chi connectivity index (χ1) is 9.04. The summed E-state index contributed by atoms with van der Waals surface area (Å²) < 4.78 is 5.23.